The molecule has 1 unspecified atom stereocenters. The first kappa shape index (κ1) is 14.8. The Bertz CT molecular complexity index is 447. The van der Waals surface area contributed by atoms with E-state index >= 15 is 0 Å². The molecule has 1 heterocycles. The zero-order valence-corrected chi connectivity index (χ0v) is 12.4. The van der Waals surface area contributed by atoms with Gasteiger partial charge in [0.05, 0.1) is 6.54 Å². The number of carbonyl (C=O) groups excluding carboxylic acids is 2. The van der Waals surface area contributed by atoms with Crippen LogP contribution in [0.4, 0.5) is 0 Å². The average molecular weight is 276 g/mol. The molecule has 1 fully saturated rings. The molecule has 1 saturated carbocycles. The van der Waals surface area contributed by atoms with Gasteiger partial charge in [-0.05, 0) is 24.8 Å². The lowest BCUT2D eigenvalue weighted by Gasteiger charge is -2.29. The number of hydrogen-bond acceptors (Lipinski definition) is 2. The molecule has 1 aliphatic rings. The van der Waals surface area contributed by atoms with Crippen molar-refractivity contribution in [1.82, 2.24) is 9.88 Å². The highest BCUT2D eigenvalue weighted by Crippen LogP contribution is 2.30. The summed E-state index contributed by atoms with van der Waals surface area (Å²) >= 11 is 0. The monoisotopic (exact) mass is 276 g/mol. The molecule has 1 aromatic heterocycles. The molecular formula is C16H24N2O2. The van der Waals surface area contributed by atoms with Crippen LogP contribution in [-0.4, -0.2) is 35.2 Å². The van der Waals surface area contributed by atoms with Crippen LogP contribution in [0.3, 0.4) is 0 Å². The first-order valence-electron chi connectivity index (χ1n) is 7.50. The summed E-state index contributed by atoms with van der Waals surface area (Å²) in [6, 6.07) is 1.74. The highest BCUT2D eigenvalue weighted by atomic mass is 16.2. The largest absolute Gasteiger partial charge is 0.367 e. The second-order valence-electron chi connectivity index (χ2n) is 5.90. The number of aromatic nitrogens is 1. The Morgan fingerprint density at radius 3 is 2.65 bits per heavy atom. The van der Waals surface area contributed by atoms with Crippen molar-refractivity contribution in [2.24, 2.45) is 11.8 Å². The van der Waals surface area contributed by atoms with Crippen LogP contribution in [-0.2, 0) is 4.79 Å². The maximum Gasteiger partial charge on any atom is 0.225 e. The third-order valence-electron chi connectivity index (χ3n) is 4.42. The molecule has 110 valence electrons. The van der Waals surface area contributed by atoms with E-state index in [-0.39, 0.29) is 24.2 Å². The minimum atomic E-state index is -0.0158. The minimum Gasteiger partial charge on any atom is -0.367 e. The molecule has 0 aromatic carbocycles. The molecule has 0 aliphatic heterocycles. The fourth-order valence-corrected chi connectivity index (χ4v) is 3.07. The second-order valence-corrected chi connectivity index (χ2v) is 5.90. The van der Waals surface area contributed by atoms with Gasteiger partial charge in [-0.15, -0.1) is 0 Å². The van der Waals surface area contributed by atoms with Crippen LogP contribution >= 0.6 is 0 Å². The Hall–Kier alpha value is -1.58. The molecule has 1 N–H and O–H groups in total. The van der Waals surface area contributed by atoms with Crippen LogP contribution < -0.4 is 0 Å². The van der Waals surface area contributed by atoms with Crippen molar-refractivity contribution in [2.45, 2.75) is 39.0 Å². The Kier molecular flexibility index (Phi) is 4.99. The van der Waals surface area contributed by atoms with Gasteiger partial charge >= 0.3 is 0 Å². The van der Waals surface area contributed by atoms with Gasteiger partial charge in [-0.3, -0.25) is 9.59 Å². The maximum atomic E-state index is 12.4. The molecule has 4 nitrogen and oxygen atoms in total. The molecule has 1 amide bonds. The molecule has 0 saturated heterocycles. The number of carbonyl (C=O) groups is 2. The van der Waals surface area contributed by atoms with E-state index in [1.54, 1.807) is 30.4 Å². The van der Waals surface area contributed by atoms with Gasteiger partial charge in [-0.1, -0.05) is 26.2 Å². The highest BCUT2D eigenvalue weighted by molar-refractivity contribution is 5.99. The number of H-pyrrole nitrogens is 1. The molecular weight excluding hydrogens is 252 g/mol. The summed E-state index contributed by atoms with van der Waals surface area (Å²) in [5.74, 6) is 0.596. The number of Topliss-reactive ketones (excluding diaryl/α,β-unsaturated/α-hetero) is 1. The lowest BCUT2D eigenvalue weighted by atomic mass is 9.80. The van der Waals surface area contributed by atoms with Crippen molar-refractivity contribution >= 4 is 11.7 Å². The molecule has 0 bridgehead atoms. The molecule has 20 heavy (non-hydrogen) atoms. The van der Waals surface area contributed by atoms with Gasteiger partial charge in [0.2, 0.25) is 5.91 Å². The molecule has 1 aromatic rings. The number of rotatable bonds is 5. The number of aromatic amines is 1. The van der Waals surface area contributed by atoms with E-state index in [0.717, 1.165) is 12.8 Å². The van der Waals surface area contributed by atoms with E-state index in [0.29, 0.717) is 11.5 Å². The first-order valence-corrected chi connectivity index (χ1v) is 7.50. The molecule has 1 atom stereocenters. The van der Waals surface area contributed by atoms with E-state index in [1.165, 1.54) is 19.3 Å². The van der Waals surface area contributed by atoms with Gasteiger partial charge in [0, 0.05) is 30.9 Å². The number of nitrogens with zero attached hydrogens (tertiary/aromatic N) is 1. The zero-order chi connectivity index (χ0) is 14.5. The normalized spacial score (nSPS) is 17.7. The summed E-state index contributed by atoms with van der Waals surface area (Å²) in [5, 5.41) is 0. The number of ketones is 1. The molecule has 0 radical (unpaired) electrons. The minimum absolute atomic E-state index is 0.0158. The Morgan fingerprint density at radius 2 is 2.05 bits per heavy atom. The Morgan fingerprint density at radius 1 is 1.35 bits per heavy atom. The lowest BCUT2D eigenvalue weighted by Crippen LogP contribution is -2.38. The molecule has 1 aliphatic carbocycles. The second kappa shape index (κ2) is 6.73. The number of nitrogens with one attached hydrogen (secondary N) is 1. The van der Waals surface area contributed by atoms with Crippen LogP contribution in [0.15, 0.2) is 18.5 Å². The summed E-state index contributed by atoms with van der Waals surface area (Å²) in [6.45, 7) is 2.17. The number of amides is 1. The summed E-state index contributed by atoms with van der Waals surface area (Å²) in [5.41, 5.74) is 0.634. The maximum absolute atomic E-state index is 12.4. The van der Waals surface area contributed by atoms with Gasteiger partial charge in [-0.2, -0.15) is 0 Å². The predicted octanol–water partition coefficient (Wildman–Crippen LogP) is 2.87. The van der Waals surface area contributed by atoms with E-state index in [4.69, 9.17) is 0 Å². The average Bonchev–Trinajstić information content (AvgIpc) is 3.01. The highest BCUT2D eigenvalue weighted by Gasteiger charge is 2.28. The standard InChI is InChI=1S/C16H24N2O2/c1-12(13-6-4-3-5-7-13)16(20)18(2)11-15(19)14-8-9-17-10-14/h8-10,12-13,17H,3-7,11H2,1-2H3. The van der Waals surface area contributed by atoms with Crippen LogP contribution in [0.2, 0.25) is 0 Å². The van der Waals surface area contributed by atoms with Gasteiger partial charge in [-0.25, -0.2) is 0 Å². The van der Waals surface area contributed by atoms with Crippen LogP contribution in [0.1, 0.15) is 49.4 Å². The molecule has 2 rings (SSSR count). The van der Waals surface area contributed by atoms with Gasteiger partial charge < -0.3 is 9.88 Å². The summed E-state index contributed by atoms with van der Waals surface area (Å²) < 4.78 is 0. The molecule has 0 spiro atoms. The van der Waals surface area contributed by atoms with Gasteiger partial charge in [0.1, 0.15) is 0 Å². The third kappa shape index (κ3) is 3.50. The topological polar surface area (TPSA) is 53.2 Å². The lowest BCUT2D eigenvalue weighted by molar-refractivity contribution is -0.135. The Balaban J connectivity index is 1.89. The van der Waals surface area contributed by atoms with E-state index < -0.39 is 0 Å². The smallest absolute Gasteiger partial charge is 0.225 e. The van der Waals surface area contributed by atoms with Gasteiger partial charge in [0.25, 0.3) is 0 Å². The van der Waals surface area contributed by atoms with Crippen molar-refractivity contribution in [3.05, 3.63) is 24.0 Å². The number of likely N-dealkylation sites (N-methyl/N-ethyl adjacent to an activating group) is 1. The first-order chi connectivity index (χ1) is 9.59. The van der Waals surface area contributed by atoms with Crippen LogP contribution in [0, 0.1) is 11.8 Å². The van der Waals surface area contributed by atoms with Crippen molar-refractivity contribution in [3.63, 3.8) is 0 Å². The van der Waals surface area contributed by atoms with Crippen molar-refractivity contribution in [1.29, 1.82) is 0 Å². The fraction of sp³-hybridized carbons (Fsp3) is 0.625. The summed E-state index contributed by atoms with van der Waals surface area (Å²) in [6.07, 6.45) is 9.44. The van der Waals surface area contributed by atoms with Crippen LogP contribution in [0.25, 0.3) is 0 Å². The SMILES string of the molecule is CC(C(=O)N(C)CC(=O)c1cc[nH]c1)C1CCCCC1. The third-order valence-corrected chi connectivity index (χ3v) is 4.42. The van der Waals surface area contributed by atoms with E-state index in [9.17, 15) is 9.59 Å². The van der Waals surface area contributed by atoms with Crippen molar-refractivity contribution in [3.8, 4) is 0 Å². The van der Waals surface area contributed by atoms with E-state index in [2.05, 4.69) is 4.98 Å². The van der Waals surface area contributed by atoms with E-state index in [1.807, 2.05) is 6.92 Å². The quantitative estimate of drug-likeness (QED) is 0.841. The molecule has 4 heteroatoms. The zero-order valence-electron chi connectivity index (χ0n) is 12.4. The van der Waals surface area contributed by atoms with Crippen molar-refractivity contribution < 1.29 is 9.59 Å². The van der Waals surface area contributed by atoms with Crippen LogP contribution in [0.5, 0.6) is 0 Å². The fourth-order valence-electron chi connectivity index (χ4n) is 3.07. The van der Waals surface area contributed by atoms with Crippen molar-refractivity contribution in [2.75, 3.05) is 13.6 Å². The van der Waals surface area contributed by atoms with Gasteiger partial charge in [0.15, 0.2) is 5.78 Å². The number of hydrogen-bond donors (Lipinski definition) is 1. The summed E-state index contributed by atoms with van der Waals surface area (Å²) in [7, 11) is 1.73. The predicted molar refractivity (Wildman–Crippen MR) is 78.5 cm³/mol. The summed E-state index contributed by atoms with van der Waals surface area (Å²) in [4.78, 5) is 28.9. The Labute approximate surface area is 120 Å².